The lowest BCUT2D eigenvalue weighted by atomic mass is 10.0. The van der Waals surface area contributed by atoms with Gasteiger partial charge in [-0.05, 0) is 48.9 Å². The molecule has 1 atom stereocenters. The molecule has 1 unspecified atom stereocenters. The van der Waals surface area contributed by atoms with Gasteiger partial charge in [0, 0.05) is 0 Å². The molecule has 0 aliphatic rings. The van der Waals surface area contributed by atoms with Gasteiger partial charge < -0.3 is 9.47 Å². The van der Waals surface area contributed by atoms with E-state index in [1.165, 1.54) is 19.2 Å². The predicted octanol–water partition coefficient (Wildman–Crippen LogP) is 4.19. The quantitative estimate of drug-likeness (QED) is 0.325. The molecule has 31 heavy (non-hydrogen) atoms. The number of benzene rings is 3. The lowest BCUT2D eigenvalue weighted by Gasteiger charge is -2.21. The standard InChI is InChI=1S/C24H23NO5S/c1-17-9-15-22(16-10-17)31(27,28)25-23(19-11-13-20(29-3)14-12-19)18(2)24(26)30-21-7-5-4-6-8-21/h4-16,23,25H,2H2,1,3H3. The van der Waals surface area contributed by atoms with Gasteiger partial charge in [-0.1, -0.05) is 54.6 Å². The molecule has 1 N–H and O–H groups in total. The number of hydrogen-bond acceptors (Lipinski definition) is 5. The molecule has 0 heterocycles. The average Bonchev–Trinajstić information content (AvgIpc) is 2.78. The second kappa shape index (κ2) is 9.59. The van der Waals surface area contributed by atoms with Crippen molar-refractivity contribution in [3.8, 4) is 11.5 Å². The average molecular weight is 438 g/mol. The molecule has 7 heteroatoms. The number of sulfonamides is 1. The monoisotopic (exact) mass is 437 g/mol. The first-order valence-electron chi connectivity index (χ1n) is 9.49. The van der Waals surface area contributed by atoms with Gasteiger partial charge in [0.2, 0.25) is 10.0 Å². The number of methoxy groups -OCH3 is 1. The van der Waals surface area contributed by atoms with E-state index < -0.39 is 22.0 Å². The minimum atomic E-state index is -3.94. The summed E-state index contributed by atoms with van der Waals surface area (Å²) in [5, 5.41) is 0. The Labute approximate surface area is 182 Å². The summed E-state index contributed by atoms with van der Waals surface area (Å²) in [6, 6.07) is 20.6. The first kappa shape index (κ1) is 22.3. The van der Waals surface area contributed by atoms with Crippen LogP contribution in [0.4, 0.5) is 0 Å². The van der Waals surface area contributed by atoms with Gasteiger partial charge >= 0.3 is 5.97 Å². The van der Waals surface area contributed by atoms with Crippen molar-refractivity contribution in [2.24, 2.45) is 0 Å². The summed E-state index contributed by atoms with van der Waals surface area (Å²) in [6.07, 6.45) is 0. The topological polar surface area (TPSA) is 81.7 Å². The number of hydrogen-bond donors (Lipinski definition) is 1. The lowest BCUT2D eigenvalue weighted by molar-refractivity contribution is -0.130. The smallest absolute Gasteiger partial charge is 0.340 e. The van der Waals surface area contributed by atoms with Crippen LogP contribution in [0.1, 0.15) is 17.2 Å². The van der Waals surface area contributed by atoms with Crippen molar-refractivity contribution in [1.82, 2.24) is 4.72 Å². The molecule has 3 aromatic carbocycles. The van der Waals surface area contributed by atoms with E-state index in [4.69, 9.17) is 9.47 Å². The van der Waals surface area contributed by atoms with E-state index in [-0.39, 0.29) is 10.5 Å². The van der Waals surface area contributed by atoms with Crippen molar-refractivity contribution in [3.05, 3.63) is 102 Å². The number of esters is 1. The Bertz CT molecular complexity index is 1150. The van der Waals surface area contributed by atoms with Crippen LogP contribution < -0.4 is 14.2 Å². The summed E-state index contributed by atoms with van der Waals surface area (Å²) < 4.78 is 39.1. The summed E-state index contributed by atoms with van der Waals surface area (Å²) >= 11 is 0. The Balaban J connectivity index is 1.92. The minimum Gasteiger partial charge on any atom is -0.497 e. The molecule has 0 aliphatic carbocycles. The Kier molecular flexibility index (Phi) is 6.89. The summed E-state index contributed by atoms with van der Waals surface area (Å²) in [5.41, 5.74) is 1.40. The van der Waals surface area contributed by atoms with Gasteiger partial charge in [-0.15, -0.1) is 0 Å². The largest absolute Gasteiger partial charge is 0.497 e. The van der Waals surface area contributed by atoms with E-state index in [0.717, 1.165) is 5.56 Å². The van der Waals surface area contributed by atoms with Gasteiger partial charge in [-0.3, -0.25) is 0 Å². The third kappa shape index (κ3) is 5.59. The van der Waals surface area contributed by atoms with Gasteiger partial charge in [-0.2, -0.15) is 4.72 Å². The van der Waals surface area contributed by atoms with E-state index >= 15 is 0 Å². The highest BCUT2D eigenvalue weighted by atomic mass is 32.2. The number of para-hydroxylation sites is 1. The van der Waals surface area contributed by atoms with Gasteiger partial charge in [0.25, 0.3) is 0 Å². The molecule has 3 aromatic rings. The number of carbonyl (C=O) groups is 1. The first-order valence-corrected chi connectivity index (χ1v) is 11.0. The van der Waals surface area contributed by atoms with E-state index in [1.54, 1.807) is 66.7 Å². The van der Waals surface area contributed by atoms with Crippen LogP contribution >= 0.6 is 0 Å². The molecule has 0 bridgehead atoms. The molecule has 0 fully saturated rings. The third-order valence-corrected chi connectivity index (χ3v) is 6.06. The highest BCUT2D eigenvalue weighted by Gasteiger charge is 2.28. The Morgan fingerprint density at radius 2 is 1.52 bits per heavy atom. The third-order valence-electron chi connectivity index (χ3n) is 4.62. The van der Waals surface area contributed by atoms with E-state index in [1.807, 2.05) is 6.92 Å². The number of nitrogens with one attached hydrogen (secondary N) is 1. The number of ether oxygens (including phenoxy) is 2. The van der Waals surface area contributed by atoms with Crippen LogP contribution in [0.25, 0.3) is 0 Å². The molecule has 0 radical (unpaired) electrons. The van der Waals surface area contributed by atoms with Crippen LogP contribution in [0.2, 0.25) is 0 Å². The Morgan fingerprint density at radius 1 is 0.903 bits per heavy atom. The molecule has 0 aliphatic heterocycles. The first-order chi connectivity index (χ1) is 14.8. The van der Waals surface area contributed by atoms with Crippen LogP contribution in [0.3, 0.4) is 0 Å². The van der Waals surface area contributed by atoms with Crippen LogP contribution in [-0.2, 0) is 14.8 Å². The van der Waals surface area contributed by atoms with Gasteiger partial charge in [0.05, 0.1) is 23.6 Å². The number of aryl methyl sites for hydroxylation is 1. The fourth-order valence-electron chi connectivity index (χ4n) is 2.86. The minimum absolute atomic E-state index is 0.0512. The number of rotatable bonds is 8. The summed E-state index contributed by atoms with van der Waals surface area (Å²) in [5.74, 6) is 0.198. The van der Waals surface area contributed by atoms with Gasteiger partial charge in [0.15, 0.2) is 0 Å². The highest BCUT2D eigenvalue weighted by molar-refractivity contribution is 7.89. The van der Waals surface area contributed by atoms with Gasteiger partial charge in [0.1, 0.15) is 11.5 Å². The van der Waals surface area contributed by atoms with E-state index in [0.29, 0.717) is 17.1 Å². The molecular weight excluding hydrogens is 414 g/mol. The normalized spacial score (nSPS) is 12.1. The zero-order chi connectivity index (χ0) is 22.4. The van der Waals surface area contributed by atoms with Crippen LogP contribution in [-0.4, -0.2) is 21.5 Å². The Hall–Kier alpha value is -3.42. The zero-order valence-electron chi connectivity index (χ0n) is 17.2. The fourth-order valence-corrected chi connectivity index (χ4v) is 4.08. The number of carbonyl (C=O) groups excluding carboxylic acids is 1. The predicted molar refractivity (Wildman–Crippen MR) is 118 cm³/mol. The SMILES string of the molecule is C=C(C(=O)Oc1ccccc1)C(NS(=O)(=O)c1ccc(C)cc1)c1ccc(OC)cc1. The second-order valence-corrected chi connectivity index (χ2v) is 8.58. The lowest BCUT2D eigenvalue weighted by Crippen LogP contribution is -2.33. The Morgan fingerprint density at radius 3 is 2.10 bits per heavy atom. The van der Waals surface area contributed by atoms with Crippen molar-refractivity contribution >= 4 is 16.0 Å². The second-order valence-electron chi connectivity index (χ2n) is 6.87. The highest BCUT2D eigenvalue weighted by Crippen LogP contribution is 2.27. The van der Waals surface area contributed by atoms with Crippen molar-refractivity contribution < 1.29 is 22.7 Å². The molecule has 0 aromatic heterocycles. The molecule has 160 valence electrons. The zero-order valence-corrected chi connectivity index (χ0v) is 18.1. The fraction of sp³-hybridized carbons (Fsp3) is 0.125. The van der Waals surface area contributed by atoms with Gasteiger partial charge in [-0.25, -0.2) is 13.2 Å². The van der Waals surface area contributed by atoms with Crippen LogP contribution in [0.15, 0.2) is 95.9 Å². The molecule has 0 spiro atoms. The van der Waals surface area contributed by atoms with Crippen LogP contribution in [0, 0.1) is 6.92 Å². The van der Waals surface area contributed by atoms with Crippen molar-refractivity contribution in [2.75, 3.05) is 7.11 Å². The van der Waals surface area contributed by atoms with E-state index in [2.05, 4.69) is 11.3 Å². The molecule has 3 rings (SSSR count). The summed E-state index contributed by atoms with van der Waals surface area (Å²) in [7, 11) is -2.41. The summed E-state index contributed by atoms with van der Waals surface area (Å²) in [4.78, 5) is 12.8. The molecule has 0 saturated carbocycles. The van der Waals surface area contributed by atoms with Crippen LogP contribution in [0.5, 0.6) is 11.5 Å². The van der Waals surface area contributed by atoms with E-state index in [9.17, 15) is 13.2 Å². The molecule has 0 saturated heterocycles. The van der Waals surface area contributed by atoms with Crippen molar-refractivity contribution in [3.63, 3.8) is 0 Å². The summed E-state index contributed by atoms with van der Waals surface area (Å²) in [6.45, 7) is 5.70. The van der Waals surface area contributed by atoms with Crippen molar-refractivity contribution in [2.45, 2.75) is 17.9 Å². The van der Waals surface area contributed by atoms with Crippen molar-refractivity contribution in [1.29, 1.82) is 0 Å². The maximum atomic E-state index is 13.0. The maximum Gasteiger partial charge on any atom is 0.340 e. The molecule has 6 nitrogen and oxygen atoms in total. The molecule has 0 amide bonds. The molecular formula is C24H23NO5S. The maximum absolute atomic E-state index is 13.0.